The molecule has 27 heavy (non-hydrogen) atoms. The van der Waals surface area contributed by atoms with E-state index in [1.54, 1.807) is 0 Å². The molecule has 2 N–H and O–H groups in total. The van der Waals surface area contributed by atoms with E-state index >= 15 is 0 Å². The van der Waals surface area contributed by atoms with Gasteiger partial charge >= 0.3 is 0 Å². The summed E-state index contributed by atoms with van der Waals surface area (Å²) in [4.78, 5) is 0. The van der Waals surface area contributed by atoms with E-state index in [0.717, 1.165) is 23.0 Å². The second-order valence-electron chi connectivity index (χ2n) is 9.30. The van der Waals surface area contributed by atoms with Gasteiger partial charge in [-0.05, 0) is 41.2 Å². The zero-order valence-corrected chi connectivity index (χ0v) is 17.0. The number of hydrogen-bond donors (Lipinski definition) is 1. The highest BCUT2D eigenvalue weighted by molar-refractivity contribution is 7.74. The number of rotatable bonds is 3. The Morgan fingerprint density at radius 3 is 2.26 bits per heavy atom. The normalized spacial score (nSPS) is 36.2. The zero-order chi connectivity index (χ0) is 18.8. The van der Waals surface area contributed by atoms with Crippen molar-refractivity contribution in [1.82, 2.24) is 0 Å². The van der Waals surface area contributed by atoms with Crippen LogP contribution in [0.5, 0.6) is 0 Å². The summed E-state index contributed by atoms with van der Waals surface area (Å²) in [7, 11) is -2.62. The summed E-state index contributed by atoms with van der Waals surface area (Å²) in [5, 5.41) is 0.991. The van der Waals surface area contributed by atoms with Crippen molar-refractivity contribution in [3.8, 4) is 0 Å². The van der Waals surface area contributed by atoms with Gasteiger partial charge in [0, 0.05) is 28.8 Å². The van der Waals surface area contributed by atoms with Crippen LogP contribution in [0, 0.1) is 23.2 Å². The molecule has 1 aliphatic heterocycles. The van der Waals surface area contributed by atoms with Crippen molar-refractivity contribution in [2.45, 2.75) is 38.5 Å². The van der Waals surface area contributed by atoms with Gasteiger partial charge in [0.15, 0.2) is 0 Å². The third-order valence-electron chi connectivity index (χ3n) is 7.77. The maximum absolute atomic E-state index is 14.7. The Hall–Kier alpha value is -1.79. The molecule has 3 fully saturated rings. The smallest absolute Gasteiger partial charge is 0.125 e. The first-order valence-electron chi connectivity index (χ1n) is 10.1. The number of benzene rings is 2. The largest absolute Gasteiger partial charge is 0.401 e. The molecule has 6 rings (SSSR count). The Morgan fingerprint density at radius 1 is 1.00 bits per heavy atom. The molecule has 5 atom stereocenters. The lowest BCUT2D eigenvalue weighted by molar-refractivity contribution is -0.0903. The van der Waals surface area contributed by atoms with E-state index in [9.17, 15) is 4.57 Å². The van der Waals surface area contributed by atoms with Crippen molar-refractivity contribution in [3.63, 3.8) is 0 Å². The Labute approximate surface area is 162 Å². The van der Waals surface area contributed by atoms with Gasteiger partial charge < -0.3 is 10.3 Å². The number of nitrogens with two attached hydrogens (primary N) is 1. The van der Waals surface area contributed by atoms with E-state index in [0.29, 0.717) is 23.4 Å². The second-order valence-corrected chi connectivity index (χ2v) is 12.3. The quantitative estimate of drug-likeness (QED) is 0.673. The van der Waals surface area contributed by atoms with E-state index in [1.807, 2.05) is 36.4 Å². The lowest BCUT2D eigenvalue weighted by Crippen LogP contribution is -2.57. The van der Waals surface area contributed by atoms with E-state index in [4.69, 9.17) is 5.73 Å². The molecular weight excluding hydrogens is 349 g/mol. The highest BCUT2D eigenvalue weighted by atomic mass is 31.2. The van der Waals surface area contributed by atoms with Crippen LogP contribution in [-0.4, -0.2) is 5.66 Å². The second kappa shape index (κ2) is 5.85. The van der Waals surface area contributed by atoms with Gasteiger partial charge in [0.1, 0.15) is 7.14 Å². The average molecular weight is 377 g/mol. The Bertz CT molecular complexity index is 947. The van der Waals surface area contributed by atoms with E-state index in [1.165, 1.54) is 12.0 Å². The molecule has 0 saturated heterocycles. The van der Waals surface area contributed by atoms with E-state index in [-0.39, 0.29) is 11.6 Å². The first kappa shape index (κ1) is 17.3. The predicted molar refractivity (Wildman–Crippen MR) is 113 cm³/mol. The van der Waals surface area contributed by atoms with Crippen LogP contribution in [0.25, 0.3) is 5.31 Å². The summed E-state index contributed by atoms with van der Waals surface area (Å²) in [6.07, 6.45) is 2.96. The van der Waals surface area contributed by atoms with Gasteiger partial charge in [-0.1, -0.05) is 74.5 Å². The maximum atomic E-state index is 14.7. The van der Waals surface area contributed by atoms with Crippen molar-refractivity contribution in [3.05, 3.63) is 77.5 Å². The first-order chi connectivity index (χ1) is 12.9. The molecule has 2 nitrogen and oxygen atoms in total. The molecule has 0 radical (unpaired) electrons. The number of allylic oxidation sites excluding steroid dienone is 1. The van der Waals surface area contributed by atoms with Crippen molar-refractivity contribution >= 4 is 12.5 Å². The van der Waals surface area contributed by atoms with Gasteiger partial charge in [0.05, 0.1) is 0 Å². The molecule has 1 heterocycles. The molecule has 2 aromatic carbocycles. The van der Waals surface area contributed by atoms with Crippen LogP contribution in [0.15, 0.2) is 66.4 Å². The summed E-state index contributed by atoms with van der Waals surface area (Å²) >= 11 is 0. The summed E-state index contributed by atoms with van der Waals surface area (Å²) in [5.41, 5.74) is 10.6. The zero-order valence-electron chi connectivity index (χ0n) is 16.1. The van der Waals surface area contributed by atoms with Crippen molar-refractivity contribution in [2.24, 2.45) is 28.9 Å². The van der Waals surface area contributed by atoms with Gasteiger partial charge in [-0.3, -0.25) is 0 Å². The van der Waals surface area contributed by atoms with E-state index < -0.39 is 7.14 Å². The minimum atomic E-state index is -2.62. The van der Waals surface area contributed by atoms with Crippen molar-refractivity contribution in [2.75, 3.05) is 0 Å². The molecule has 3 heteroatoms. The monoisotopic (exact) mass is 377 g/mol. The molecule has 0 unspecified atom stereocenters. The molecular formula is C24H28NOP. The van der Waals surface area contributed by atoms with Crippen molar-refractivity contribution in [1.29, 1.82) is 0 Å². The summed E-state index contributed by atoms with van der Waals surface area (Å²) < 4.78 is 14.7. The molecule has 0 spiro atoms. The van der Waals surface area contributed by atoms with Gasteiger partial charge in [0.2, 0.25) is 0 Å². The molecule has 140 valence electrons. The molecule has 4 aliphatic rings. The minimum Gasteiger partial charge on any atom is -0.401 e. The van der Waals surface area contributed by atoms with Gasteiger partial charge in [-0.25, -0.2) is 0 Å². The number of hydrogen-bond acceptors (Lipinski definition) is 2. The Morgan fingerprint density at radius 2 is 1.63 bits per heavy atom. The van der Waals surface area contributed by atoms with Crippen LogP contribution in [0.1, 0.15) is 37.8 Å². The molecule has 3 saturated carbocycles. The van der Waals surface area contributed by atoms with Gasteiger partial charge in [-0.15, -0.1) is 0 Å². The topological polar surface area (TPSA) is 43.1 Å². The maximum Gasteiger partial charge on any atom is 0.125 e. The van der Waals surface area contributed by atoms with Crippen LogP contribution in [-0.2, 0) is 10.7 Å². The first-order valence-corrected chi connectivity index (χ1v) is 12.1. The lowest BCUT2D eigenvalue weighted by atomic mass is 9.45. The fourth-order valence-corrected chi connectivity index (χ4v) is 10.3. The predicted octanol–water partition coefficient (Wildman–Crippen LogP) is 5.94. The summed E-state index contributed by atoms with van der Waals surface area (Å²) in [5.74, 6) is 1.55. The molecule has 0 amide bonds. The highest BCUT2D eigenvalue weighted by Crippen LogP contribution is 2.79. The highest BCUT2D eigenvalue weighted by Gasteiger charge is 2.65. The molecule has 0 aromatic heterocycles. The lowest BCUT2D eigenvalue weighted by Gasteiger charge is -2.62. The van der Waals surface area contributed by atoms with Crippen molar-refractivity contribution < 1.29 is 4.57 Å². The third-order valence-corrected chi connectivity index (χ3v) is 11.5. The average Bonchev–Trinajstić information content (AvgIpc) is 2.90. The summed E-state index contributed by atoms with van der Waals surface area (Å²) in [6.45, 7) is 4.77. The third kappa shape index (κ3) is 2.36. The van der Waals surface area contributed by atoms with Crippen LogP contribution >= 0.6 is 7.14 Å². The SMILES string of the molecule is CC1(C)[C@H]2C[C@H]1[C@@H]1C(N)=C(c3ccccc3)[P@](=O)(Cc3ccccc3)[C@H]1C2. The molecule has 2 bridgehead atoms. The standard InChI is InChI=1S/C24H28NOP/c1-24(2)18-13-19(24)21-20(14-18)27(26,15-16-9-5-3-6-10-16)23(22(21)25)17-11-7-4-8-12-17/h3-12,18-21H,13-15,25H2,1-2H3/t18-,19-,20-,21-,27-/m0/s1. The molecule has 3 aliphatic carbocycles. The van der Waals surface area contributed by atoms with Gasteiger partial charge in [0.25, 0.3) is 0 Å². The molecule has 2 aromatic rings. The Balaban J connectivity index is 1.65. The fourth-order valence-electron chi connectivity index (χ4n) is 6.20. The van der Waals surface area contributed by atoms with E-state index in [2.05, 4.69) is 38.1 Å². The van der Waals surface area contributed by atoms with Crippen LogP contribution < -0.4 is 5.73 Å². The van der Waals surface area contributed by atoms with Crippen LogP contribution in [0.2, 0.25) is 0 Å². The Kier molecular flexibility index (Phi) is 3.75. The fraction of sp³-hybridized carbons (Fsp3) is 0.417. The van der Waals surface area contributed by atoms with Crippen LogP contribution in [0.3, 0.4) is 0 Å². The van der Waals surface area contributed by atoms with Gasteiger partial charge in [-0.2, -0.15) is 0 Å². The summed E-state index contributed by atoms with van der Waals surface area (Å²) in [6, 6.07) is 20.6. The minimum absolute atomic E-state index is 0.227. The van der Waals surface area contributed by atoms with Crippen LogP contribution in [0.4, 0.5) is 0 Å².